The molecular formula is C7H12N2O2S2. The van der Waals surface area contributed by atoms with Gasteiger partial charge < -0.3 is 5.73 Å². The third-order valence-electron chi connectivity index (χ3n) is 1.46. The van der Waals surface area contributed by atoms with Gasteiger partial charge in [0.25, 0.3) is 0 Å². The second-order valence-corrected chi connectivity index (χ2v) is 5.27. The van der Waals surface area contributed by atoms with Crippen LogP contribution in [-0.2, 0) is 16.6 Å². The van der Waals surface area contributed by atoms with Crippen molar-refractivity contribution in [1.29, 1.82) is 0 Å². The van der Waals surface area contributed by atoms with E-state index in [0.29, 0.717) is 6.54 Å². The van der Waals surface area contributed by atoms with Gasteiger partial charge in [-0.15, -0.1) is 0 Å². The van der Waals surface area contributed by atoms with E-state index in [0.717, 1.165) is 5.56 Å². The van der Waals surface area contributed by atoms with Crippen molar-refractivity contribution in [2.75, 3.05) is 12.3 Å². The Bertz CT molecular complexity index is 331. The molecule has 1 aromatic heterocycles. The first-order valence-corrected chi connectivity index (χ1v) is 6.42. The molecule has 13 heavy (non-hydrogen) atoms. The van der Waals surface area contributed by atoms with E-state index in [4.69, 9.17) is 5.73 Å². The van der Waals surface area contributed by atoms with Gasteiger partial charge in [-0.25, -0.2) is 13.1 Å². The van der Waals surface area contributed by atoms with Gasteiger partial charge in [-0.05, 0) is 22.4 Å². The van der Waals surface area contributed by atoms with Crippen molar-refractivity contribution in [3.05, 3.63) is 22.4 Å². The Morgan fingerprint density at radius 3 is 2.85 bits per heavy atom. The van der Waals surface area contributed by atoms with Crippen LogP contribution < -0.4 is 10.5 Å². The lowest BCUT2D eigenvalue weighted by atomic mass is 10.4. The minimum Gasteiger partial charge on any atom is -0.329 e. The van der Waals surface area contributed by atoms with Crippen LogP contribution >= 0.6 is 11.3 Å². The van der Waals surface area contributed by atoms with Crippen LogP contribution in [0.1, 0.15) is 5.56 Å². The fraction of sp³-hybridized carbons (Fsp3) is 0.429. The van der Waals surface area contributed by atoms with Crippen LogP contribution in [0.4, 0.5) is 0 Å². The summed E-state index contributed by atoms with van der Waals surface area (Å²) in [6, 6.07) is 1.88. The molecule has 0 spiro atoms. The normalized spacial score (nSPS) is 11.8. The Kier molecular flexibility index (Phi) is 3.86. The van der Waals surface area contributed by atoms with Crippen LogP contribution in [0.2, 0.25) is 0 Å². The highest BCUT2D eigenvalue weighted by Gasteiger charge is 2.07. The monoisotopic (exact) mass is 220 g/mol. The Morgan fingerprint density at radius 1 is 1.54 bits per heavy atom. The molecule has 0 aliphatic carbocycles. The zero-order valence-electron chi connectivity index (χ0n) is 7.06. The molecule has 0 radical (unpaired) electrons. The van der Waals surface area contributed by atoms with E-state index >= 15 is 0 Å². The number of thiophene rings is 1. The van der Waals surface area contributed by atoms with Crippen LogP contribution in [0.25, 0.3) is 0 Å². The van der Waals surface area contributed by atoms with E-state index in [9.17, 15) is 8.42 Å². The zero-order chi connectivity index (χ0) is 9.73. The van der Waals surface area contributed by atoms with Gasteiger partial charge in [-0.2, -0.15) is 11.3 Å². The number of rotatable bonds is 5. The van der Waals surface area contributed by atoms with E-state index in [1.165, 1.54) is 0 Å². The van der Waals surface area contributed by atoms with E-state index < -0.39 is 10.0 Å². The third-order valence-corrected chi connectivity index (χ3v) is 3.55. The van der Waals surface area contributed by atoms with E-state index in [2.05, 4.69) is 4.72 Å². The van der Waals surface area contributed by atoms with Crippen LogP contribution in [0, 0.1) is 0 Å². The number of sulfonamides is 1. The van der Waals surface area contributed by atoms with Crippen LogP contribution in [0.3, 0.4) is 0 Å². The standard InChI is InChI=1S/C7H12N2O2S2/c8-2-4-13(10,11)9-5-7-1-3-12-6-7/h1,3,6,9H,2,4-5,8H2. The second kappa shape index (κ2) is 4.71. The van der Waals surface area contributed by atoms with Crippen molar-refractivity contribution in [2.45, 2.75) is 6.54 Å². The highest BCUT2D eigenvalue weighted by molar-refractivity contribution is 7.89. The molecule has 0 aliphatic rings. The molecule has 0 unspecified atom stereocenters. The quantitative estimate of drug-likeness (QED) is 0.740. The Labute approximate surface area is 81.8 Å². The van der Waals surface area contributed by atoms with Gasteiger partial charge in [0, 0.05) is 13.1 Å². The fourth-order valence-electron chi connectivity index (χ4n) is 0.814. The summed E-state index contributed by atoms with van der Waals surface area (Å²) in [6.07, 6.45) is 0. The first kappa shape index (κ1) is 10.6. The maximum Gasteiger partial charge on any atom is 0.213 e. The summed E-state index contributed by atoms with van der Waals surface area (Å²) in [7, 11) is -3.18. The molecule has 0 saturated carbocycles. The van der Waals surface area contributed by atoms with E-state index in [-0.39, 0.29) is 12.3 Å². The molecule has 1 aromatic rings. The summed E-state index contributed by atoms with van der Waals surface area (Å²) in [5.41, 5.74) is 6.12. The molecule has 1 heterocycles. The van der Waals surface area contributed by atoms with Gasteiger partial charge >= 0.3 is 0 Å². The van der Waals surface area contributed by atoms with Crippen LogP contribution in [0.5, 0.6) is 0 Å². The molecule has 0 saturated heterocycles. The van der Waals surface area contributed by atoms with Crippen molar-refractivity contribution >= 4 is 21.4 Å². The van der Waals surface area contributed by atoms with Crippen molar-refractivity contribution in [3.8, 4) is 0 Å². The molecule has 6 heteroatoms. The van der Waals surface area contributed by atoms with Gasteiger partial charge in [-0.3, -0.25) is 0 Å². The van der Waals surface area contributed by atoms with Crippen molar-refractivity contribution in [2.24, 2.45) is 5.73 Å². The van der Waals surface area contributed by atoms with Gasteiger partial charge in [0.1, 0.15) is 0 Å². The minimum absolute atomic E-state index is 0.0167. The summed E-state index contributed by atoms with van der Waals surface area (Å²) >= 11 is 1.54. The summed E-state index contributed by atoms with van der Waals surface area (Å²) in [4.78, 5) is 0. The first-order chi connectivity index (χ1) is 6.14. The molecule has 0 aromatic carbocycles. The third kappa shape index (κ3) is 3.86. The largest absolute Gasteiger partial charge is 0.329 e. The van der Waals surface area contributed by atoms with Gasteiger partial charge in [-0.1, -0.05) is 0 Å². The number of hydrogen-bond acceptors (Lipinski definition) is 4. The summed E-state index contributed by atoms with van der Waals surface area (Å²) in [5, 5.41) is 3.82. The van der Waals surface area contributed by atoms with Crippen LogP contribution in [0.15, 0.2) is 16.8 Å². The summed E-state index contributed by atoms with van der Waals surface area (Å²) < 4.78 is 24.7. The predicted molar refractivity (Wildman–Crippen MR) is 54.0 cm³/mol. The average molecular weight is 220 g/mol. The van der Waals surface area contributed by atoms with Crippen molar-refractivity contribution < 1.29 is 8.42 Å². The maximum absolute atomic E-state index is 11.1. The number of nitrogens with two attached hydrogens (primary N) is 1. The maximum atomic E-state index is 11.1. The summed E-state index contributed by atoms with van der Waals surface area (Å²) in [6.45, 7) is 0.505. The highest BCUT2D eigenvalue weighted by atomic mass is 32.2. The highest BCUT2D eigenvalue weighted by Crippen LogP contribution is 2.05. The Balaban J connectivity index is 2.43. The SMILES string of the molecule is NCCS(=O)(=O)NCc1ccsc1. The molecular weight excluding hydrogens is 208 g/mol. The molecule has 0 aliphatic heterocycles. The molecule has 1 rings (SSSR count). The number of hydrogen-bond donors (Lipinski definition) is 2. The fourth-order valence-corrected chi connectivity index (χ4v) is 2.32. The van der Waals surface area contributed by atoms with Gasteiger partial charge in [0.05, 0.1) is 5.75 Å². The zero-order valence-corrected chi connectivity index (χ0v) is 8.70. The Hall–Kier alpha value is -0.430. The minimum atomic E-state index is -3.18. The molecule has 0 bridgehead atoms. The summed E-state index contributed by atoms with van der Waals surface area (Å²) in [5.74, 6) is -0.0167. The lowest BCUT2D eigenvalue weighted by Crippen LogP contribution is -2.29. The molecule has 0 amide bonds. The topological polar surface area (TPSA) is 72.2 Å². The predicted octanol–water partition coefficient (Wildman–Crippen LogP) is 0.126. The van der Waals surface area contributed by atoms with Crippen molar-refractivity contribution in [1.82, 2.24) is 4.72 Å². The second-order valence-electron chi connectivity index (χ2n) is 2.56. The number of nitrogens with one attached hydrogen (secondary N) is 1. The Morgan fingerprint density at radius 2 is 2.31 bits per heavy atom. The molecule has 4 nitrogen and oxygen atoms in total. The smallest absolute Gasteiger partial charge is 0.213 e. The van der Waals surface area contributed by atoms with Gasteiger partial charge in [0.15, 0.2) is 0 Å². The lowest BCUT2D eigenvalue weighted by Gasteiger charge is -2.03. The molecule has 3 N–H and O–H groups in total. The van der Waals surface area contributed by atoms with Gasteiger partial charge in [0.2, 0.25) is 10.0 Å². The average Bonchev–Trinajstić information content (AvgIpc) is 2.52. The molecule has 0 atom stereocenters. The first-order valence-electron chi connectivity index (χ1n) is 3.82. The van der Waals surface area contributed by atoms with E-state index in [1.807, 2.05) is 16.8 Å². The lowest BCUT2D eigenvalue weighted by molar-refractivity contribution is 0.581. The van der Waals surface area contributed by atoms with Crippen LogP contribution in [-0.4, -0.2) is 20.7 Å². The molecule has 0 fully saturated rings. The van der Waals surface area contributed by atoms with E-state index in [1.54, 1.807) is 11.3 Å². The van der Waals surface area contributed by atoms with Crippen molar-refractivity contribution in [3.63, 3.8) is 0 Å². The molecule has 74 valence electrons.